The lowest BCUT2D eigenvalue weighted by molar-refractivity contribution is 0.113. The molecule has 2 aliphatic rings. The van der Waals surface area contributed by atoms with Gasteiger partial charge in [-0.3, -0.25) is 0 Å². The molecule has 2 aliphatic carbocycles. The smallest absolute Gasteiger partial charge is 0.152 e. The summed E-state index contributed by atoms with van der Waals surface area (Å²) < 4.78 is 29.0. The molecule has 4 rings (SSSR count). The lowest BCUT2D eigenvalue weighted by Crippen LogP contribution is -2.30. The Labute approximate surface area is 185 Å². The molecule has 0 nitrogen and oxygen atoms in total. The molecule has 2 aromatic rings. The minimum Gasteiger partial charge on any atom is -0.206 e. The number of fused-ring (bicyclic) bond motifs is 2. The molecule has 0 aliphatic heterocycles. The van der Waals surface area contributed by atoms with Crippen LogP contribution in [0.2, 0.25) is 5.02 Å². The van der Waals surface area contributed by atoms with Gasteiger partial charge >= 0.3 is 0 Å². The van der Waals surface area contributed by atoms with Gasteiger partial charge in [0.1, 0.15) is 5.82 Å². The van der Waals surface area contributed by atoms with Crippen LogP contribution in [-0.4, -0.2) is 0 Å². The van der Waals surface area contributed by atoms with Crippen molar-refractivity contribution in [1.29, 1.82) is 0 Å². The molecule has 0 radical (unpaired) electrons. The molecule has 0 saturated heterocycles. The van der Waals surface area contributed by atoms with Gasteiger partial charge in [0.05, 0.1) is 10.4 Å². The summed E-state index contributed by atoms with van der Waals surface area (Å²) >= 11 is 6.43. The van der Waals surface area contributed by atoms with E-state index in [0.29, 0.717) is 11.3 Å². The molecule has 0 spiro atoms. The summed E-state index contributed by atoms with van der Waals surface area (Å²) in [4.78, 5) is 0. The van der Waals surface area contributed by atoms with Gasteiger partial charge in [-0.05, 0) is 78.9 Å². The highest BCUT2D eigenvalue weighted by atomic mass is 35.5. The van der Waals surface area contributed by atoms with Gasteiger partial charge < -0.3 is 0 Å². The first-order valence-electron chi connectivity index (χ1n) is 12.1. The van der Waals surface area contributed by atoms with Gasteiger partial charge in [-0.1, -0.05) is 75.6 Å². The monoisotopic (exact) mass is 432 g/mol. The summed E-state index contributed by atoms with van der Waals surface area (Å²) in [5.74, 6) is 1.66. The van der Waals surface area contributed by atoms with Crippen molar-refractivity contribution in [2.75, 3.05) is 0 Å². The summed E-state index contributed by atoms with van der Waals surface area (Å²) in [5.41, 5.74) is 0.892. The number of benzene rings is 2. The zero-order valence-corrected chi connectivity index (χ0v) is 19.0. The summed E-state index contributed by atoms with van der Waals surface area (Å²) in [6.45, 7) is 2.27. The van der Waals surface area contributed by atoms with Crippen molar-refractivity contribution < 1.29 is 8.78 Å². The lowest BCUT2D eigenvalue weighted by atomic mass is 9.63. The predicted octanol–water partition coefficient (Wildman–Crippen LogP) is 9.43. The Hall–Kier alpha value is -1.15. The summed E-state index contributed by atoms with van der Waals surface area (Å²) in [7, 11) is 0. The topological polar surface area (TPSA) is 0 Å². The van der Waals surface area contributed by atoms with Gasteiger partial charge in [-0.2, -0.15) is 0 Å². The third kappa shape index (κ3) is 4.69. The van der Waals surface area contributed by atoms with E-state index in [1.54, 1.807) is 12.1 Å². The van der Waals surface area contributed by atoms with E-state index >= 15 is 0 Å². The highest BCUT2D eigenvalue weighted by molar-refractivity contribution is 6.32. The number of hydrogen-bond donors (Lipinski definition) is 0. The first-order valence-corrected chi connectivity index (χ1v) is 12.5. The SMILES string of the molecule is CCCCCCC[C@@H]1CC[C@@H]2CC(c3cc4cccc(F)c4c(F)c3Cl)CCC2C1. The van der Waals surface area contributed by atoms with Crippen LogP contribution >= 0.6 is 11.6 Å². The average molecular weight is 433 g/mol. The van der Waals surface area contributed by atoms with Crippen LogP contribution in [0.4, 0.5) is 8.78 Å². The maximum atomic E-state index is 14.9. The predicted molar refractivity (Wildman–Crippen MR) is 123 cm³/mol. The molecule has 0 amide bonds. The maximum Gasteiger partial charge on any atom is 0.152 e. The molecule has 3 heteroatoms. The fraction of sp³-hybridized carbons (Fsp3) is 0.630. The Bertz CT molecular complexity index is 862. The molecule has 0 N–H and O–H groups in total. The maximum absolute atomic E-state index is 14.9. The highest BCUT2D eigenvalue weighted by Crippen LogP contribution is 2.50. The molecule has 0 heterocycles. The van der Waals surface area contributed by atoms with E-state index in [2.05, 4.69) is 6.92 Å². The average Bonchev–Trinajstić information content (AvgIpc) is 2.75. The van der Waals surface area contributed by atoms with Gasteiger partial charge in [0.25, 0.3) is 0 Å². The van der Waals surface area contributed by atoms with Crippen molar-refractivity contribution in [3.63, 3.8) is 0 Å². The largest absolute Gasteiger partial charge is 0.206 e. The van der Waals surface area contributed by atoms with Crippen LogP contribution in [0.3, 0.4) is 0 Å². The second-order valence-corrected chi connectivity index (χ2v) is 10.2. The fourth-order valence-electron chi connectivity index (χ4n) is 6.22. The fourth-order valence-corrected chi connectivity index (χ4v) is 6.53. The van der Waals surface area contributed by atoms with Crippen LogP contribution in [0, 0.1) is 29.4 Å². The minimum absolute atomic E-state index is 0.0272. The number of hydrogen-bond acceptors (Lipinski definition) is 0. The molecule has 2 fully saturated rings. The second-order valence-electron chi connectivity index (χ2n) is 9.84. The second kappa shape index (κ2) is 9.98. The van der Waals surface area contributed by atoms with Crippen LogP contribution in [0.5, 0.6) is 0 Å². The van der Waals surface area contributed by atoms with E-state index in [1.165, 1.54) is 70.3 Å². The first kappa shape index (κ1) is 22.1. The Kier molecular flexibility index (Phi) is 7.34. The van der Waals surface area contributed by atoms with Crippen LogP contribution in [0.1, 0.15) is 95.5 Å². The van der Waals surface area contributed by atoms with E-state index in [9.17, 15) is 8.78 Å². The number of unbranched alkanes of at least 4 members (excludes halogenated alkanes) is 4. The quantitative estimate of drug-likeness (QED) is 0.382. The van der Waals surface area contributed by atoms with Crippen molar-refractivity contribution >= 4 is 22.4 Å². The third-order valence-corrected chi connectivity index (χ3v) is 8.28. The standard InChI is InChI=1S/C27H35ClF2/c1-2-3-4-5-6-8-18-11-12-20-16-21(14-13-19(20)15-18)23-17-22-9-7-10-24(29)25(22)27(30)26(23)28/h7,9-10,17-21H,2-6,8,11-16H2,1H3/t18-,19?,20-,21?/m1/s1. The van der Waals surface area contributed by atoms with Crippen molar-refractivity contribution in [3.05, 3.63) is 46.5 Å². The van der Waals surface area contributed by atoms with Gasteiger partial charge in [0.2, 0.25) is 0 Å². The Balaban J connectivity index is 1.39. The zero-order valence-electron chi connectivity index (χ0n) is 18.2. The highest BCUT2D eigenvalue weighted by Gasteiger charge is 2.36. The Morgan fingerprint density at radius 2 is 1.70 bits per heavy atom. The summed E-state index contributed by atoms with van der Waals surface area (Å²) in [6, 6.07) is 6.68. The molecule has 2 aromatic carbocycles. The molecule has 4 atom stereocenters. The van der Waals surface area contributed by atoms with Gasteiger partial charge in [-0.25, -0.2) is 8.78 Å². The molecule has 0 aromatic heterocycles. The van der Waals surface area contributed by atoms with Crippen molar-refractivity contribution in [2.45, 2.75) is 89.9 Å². The normalized spacial score (nSPS) is 26.7. The van der Waals surface area contributed by atoms with Crippen LogP contribution < -0.4 is 0 Å². The van der Waals surface area contributed by atoms with E-state index in [1.807, 2.05) is 6.07 Å². The van der Waals surface area contributed by atoms with Crippen LogP contribution in [0.15, 0.2) is 24.3 Å². The van der Waals surface area contributed by atoms with Crippen LogP contribution in [-0.2, 0) is 0 Å². The molecular formula is C27H35ClF2. The van der Waals surface area contributed by atoms with Gasteiger partial charge in [0, 0.05) is 0 Å². The molecule has 0 bridgehead atoms. The van der Waals surface area contributed by atoms with E-state index in [4.69, 9.17) is 11.6 Å². The Morgan fingerprint density at radius 3 is 2.53 bits per heavy atom. The zero-order chi connectivity index (χ0) is 21.1. The number of rotatable bonds is 7. The lowest BCUT2D eigenvalue weighted by Gasteiger charge is -2.42. The minimum atomic E-state index is -0.587. The van der Waals surface area contributed by atoms with Crippen molar-refractivity contribution in [2.24, 2.45) is 17.8 Å². The van der Waals surface area contributed by atoms with Crippen molar-refractivity contribution in [3.8, 4) is 0 Å². The van der Waals surface area contributed by atoms with Gasteiger partial charge in [-0.15, -0.1) is 0 Å². The molecule has 164 valence electrons. The molecule has 2 unspecified atom stereocenters. The summed E-state index contributed by atoms with van der Waals surface area (Å²) in [6.07, 6.45) is 15.7. The number of halogens is 3. The van der Waals surface area contributed by atoms with Gasteiger partial charge in [0.15, 0.2) is 5.82 Å². The van der Waals surface area contributed by atoms with E-state index < -0.39 is 11.6 Å². The molecule has 2 saturated carbocycles. The Morgan fingerprint density at radius 1 is 0.933 bits per heavy atom. The first-order chi connectivity index (χ1) is 14.6. The summed E-state index contributed by atoms with van der Waals surface area (Å²) in [5, 5.41) is 0.789. The molecular weight excluding hydrogens is 398 g/mol. The van der Waals surface area contributed by atoms with E-state index in [-0.39, 0.29) is 10.4 Å². The van der Waals surface area contributed by atoms with E-state index in [0.717, 1.165) is 36.2 Å². The molecule has 30 heavy (non-hydrogen) atoms. The van der Waals surface area contributed by atoms with Crippen LogP contribution in [0.25, 0.3) is 10.8 Å². The van der Waals surface area contributed by atoms with Crippen molar-refractivity contribution in [1.82, 2.24) is 0 Å². The third-order valence-electron chi connectivity index (χ3n) is 7.90.